The number of hydrogen-bond acceptors (Lipinski definition) is 8. The second kappa shape index (κ2) is 11.6. The Morgan fingerprint density at radius 2 is 1.76 bits per heavy atom. The number of alkyl halides is 3. The number of carbonyl (C=O) groups is 2. The molecule has 0 bridgehead atoms. The summed E-state index contributed by atoms with van der Waals surface area (Å²) in [6.45, 7) is 7.07. The molecule has 0 fully saturated rings. The average Bonchev–Trinajstić information content (AvgIpc) is 3.56. The normalized spacial score (nSPS) is 13.2. The highest BCUT2D eigenvalue weighted by atomic mass is 19.4. The standard InChI is InChI=1S/C28H28F3N5O6/c1-5-27(28(29,30)31,42-25(37)19-7-9-20(10-8-19)36(39)40)23-16-34(33-32-23)15-18-11-12-35-21(13-18)14-22(24(35)17(3)4)26(38)41-6-2/h7-14,16-17H,5-6,15H2,1-4H3. The van der Waals surface area contributed by atoms with Gasteiger partial charge in [-0.1, -0.05) is 26.0 Å². The van der Waals surface area contributed by atoms with E-state index < -0.39 is 40.8 Å². The molecule has 42 heavy (non-hydrogen) atoms. The first-order valence-electron chi connectivity index (χ1n) is 13.1. The Balaban J connectivity index is 1.64. The van der Waals surface area contributed by atoms with Gasteiger partial charge in [0.15, 0.2) is 0 Å². The summed E-state index contributed by atoms with van der Waals surface area (Å²) in [4.78, 5) is 35.4. The van der Waals surface area contributed by atoms with Crippen LogP contribution in [-0.4, -0.2) is 49.0 Å². The van der Waals surface area contributed by atoms with Crippen LogP contribution >= 0.6 is 0 Å². The van der Waals surface area contributed by atoms with Gasteiger partial charge in [0.2, 0.25) is 0 Å². The number of aromatic nitrogens is 4. The van der Waals surface area contributed by atoms with Crippen molar-refractivity contribution in [2.24, 2.45) is 0 Å². The fourth-order valence-corrected chi connectivity index (χ4v) is 4.70. The highest BCUT2D eigenvalue weighted by Crippen LogP contribution is 2.44. The third kappa shape index (κ3) is 5.69. The molecule has 1 atom stereocenters. The van der Waals surface area contributed by atoms with E-state index in [-0.39, 0.29) is 30.3 Å². The molecule has 11 nitrogen and oxygen atoms in total. The minimum Gasteiger partial charge on any atom is -0.462 e. The van der Waals surface area contributed by atoms with Gasteiger partial charge in [-0.3, -0.25) is 10.1 Å². The molecule has 3 aromatic heterocycles. The predicted octanol–water partition coefficient (Wildman–Crippen LogP) is 5.81. The van der Waals surface area contributed by atoms with Crippen molar-refractivity contribution in [3.05, 3.63) is 93.1 Å². The monoisotopic (exact) mass is 587 g/mol. The van der Waals surface area contributed by atoms with E-state index in [0.29, 0.717) is 16.6 Å². The Labute approximate surface area is 238 Å². The van der Waals surface area contributed by atoms with E-state index in [0.717, 1.165) is 36.2 Å². The highest BCUT2D eigenvalue weighted by molar-refractivity contribution is 5.93. The summed E-state index contributed by atoms with van der Waals surface area (Å²) >= 11 is 0. The Morgan fingerprint density at radius 3 is 2.33 bits per heavy atom. The number of esters is 2. The number of pyridine rings is 1. The van der Waals surface area contributed by atoms with E-state index >= 15 is 0 Å². The van der Waals surface area contributed by atoms with Crippen LogP contribution in [0.2, 0.25) is 0 Å². The van der Waals surface area contributed by atoms with Crippen LogP contribution in [0.25, 0.3) is 5.52 Å². The van der Waals surface area contributed by atoms with E-state index in [2.05, 4.69) is 10.3 Å². The maximum absolute atomic E-state index is 14.5. The van der Waals surface area contributed by atoms with Gasteiger partial charge in [-0.05, 0) is 55.2 Å². The molecule has 0 aliphatic carbocycles. The van der Waals surface area contributed by atoms with Crippen LogP contribution in [0.5, 0.6) is 0 Å². The Hall–Kier alpha value is -4.75. The summed E-state index contributed by atoms with van der Waals surface area (Å²) in [7, 11) is 0. The molecule has 0 spiro atoms. The molecule has 0 N–H and O–H groups in total. The molecular formula is C28H28F3N5O6. The SMILES string of the molecule is CCOC(=O)c1cc2cc(Cn3cc(C(CC)(OC(=O)c4ccc([N+](=O)[O-])cc4)C(F)(F)F)nn3)ccn2c1C(C)C. The summed E-state index contributed by atoms with van der Waals surface area (Å²) in [5.41, 5.74) is -1.81. The molecule has 1 aromatic carbocycles. The number of nitro benzene ring substituents is 1. The Kier molecular flexibility index (Phi) is 8.36. The van der Waals surface area contributed by atoms with Gasteiger partial charge in [-0.25, -0.2) is 14.3 Å². The molecule has 4 aromatic rings. The largest absolute Gasteiger partial charge is 0.462 e. The number of carbonyl (C=O) groups excluding carboxylic acids is 2. The lowest BCUT2D eigenvalue weighted by Gasteiger charge is -2.32. The number of ether oxygens (including phenoxy) is 2. The summed E-state index contributed by atoms with van der Waals surface area (Å²) in [5.74, 6) is -1.76. The zero-order valence-electron chi connectivity index (χ0n) is 23.2. The molecule has 0 aliphatic rings. The molecule has 0 radical (unpaired) electrons. The minimum atomic E-state index is -5.05. The number of nitrogens with zero attached hydrogens (tertiary/aromatic N) is 5. The van der Waals surface area contributed by atoms with Crippen molar-refractivity contribution in [1.82, 2.24) is 19.4 Å². The molecule has 0 saturated heterocycles. The van der Waals surface area contributed by atoms with E-state index in [4.69, 9.17) is 9.47 Å². The predicted molar refractivity (Wildman–Crippen MR) is 143 cm³/mol. The van der Waals surface area contributed by atoms with Gasteiger partial charge < -0.3 is 13.9 Å². The maximum atomic E-state index is 14.5. The van der Waals surface area contributed by atoms with Crippen molar-refractivity contribution in [3.8, 4) is 0 Å². The van der Waals surface area contributed by atoms with E-state index in [1.165, 1.54) is 11.6 Å². The van der Waals surface area contributed by atoms with Gasteiger partial charge in [0, 0.05) is 29.5 Å². The van der Waals surface area contributed by atoms with Crippen LogP contribution in [0.4, 0.5) is 18.9 Å². The molecule has 222 valence electrons. The smallest absolute Gasteiger partial charge is 0.434 e. The fraction of sp³-hybridized carbons (Fsp3) is 0.357. The molecule has 1 unspecified atom stereocenters. The number of nitro groups is 1. The molecule has 0 saturated carbocycles. The van der Waals surface area contributed by atoms with Crippen molar-refractivity contribution in [1.29, 1.82) is 0 Å². The van der Waals surface area contributed by atoms with Gasteiger partial charge in [0.1, 0.15) is 5.69 Å². The maximum Gasteiger partial charge on any atom is 0.434 e. The Bertz CT molecular complexity index is 1630. The van der Waals surface area contributed by atoms with E-state index in [9.17, 15) is 32.9 Å². The first-order valence-corrected chi connectivity index (χ1v) is 13.1. The average molecular weight is 588 g/mol. The number of fused-ring (bicyclic) bond motifs is 1. The number of halogens is 3. The van der Waals surface area contributed by atoms with Crippen molar-refractivity contribution >= 4 is 23.1 Å². The molecule has 4 rings (SSSR count). The zero-order valence-corrected chi connectivity index (χ0v) is 23.2. The molecule has 0 amide bonds. The number of non-ortho nitro benzene ring substituents is 1. The quantitative estimate of drug-likeness (QED) is 0.129. The summed E-state index contributed by atoms with van der Waals surface area (Å²) < 4.78 is 56.6. The topological polar surface area (TPSA) is 131 Å². The van der Waals surface area contributed by atoms with Crippen molar-refractivity contribution in [3.63, 3.8) is 0 Å². The lowest BCUT2D eigenvalue weighted by molar-refractivity contribution is -0.384. The van der Waals surface area contributed by atoms with Gasteiger partial charge >= 0.3 is 18.1 Å². The molecule has 3 heterocycles. The lowest BCUT2D eigenvalue weighted by Crippen LogP contribution is -2.46. The first kappa shape index (κ1) is 30.2. The van der Waals surface area contributed by atoms with Gasteiger partial charge in [-0.15, -0.1) is 5.10 Å². The number of hydrogen-bond donors (Lipinski definition) is 0. The van der Waals surface area contributed by atoms with Crippen molar-refractivity contribution in [2.75, 3.05) is 6.61 Å². The third-order valence-corrected chi connectivity index (χ3v) is 6.75. The molecule has 0 aliphatic heterocycles. The molecule has 14 heteroatoms. The summed E-state index contributed by atoms with van der Waals surface area (Å²) in [5, 5.41) is 18.4. The van der Waals surface area contributed by atoms with Crippen LogP contribution in [0.1, 0.15) is 77.7 Å². The summed E-state index contributed by atoms with van der Waals surface area (Å²) in [6.07, 6.45) is -2.93. The van der Waals surface area contributed by atoms with Crippen LogP contribution < -0.4 is 0 Å². The van der Waals surface area contributed by atoms with Crippen LogP contribution in [0.15, 0.2) is 54.9 Å². The summed E-state index contributed by atoms with van der Waals surface area (Å²) in [6, 6.07) is 9.26. The van der Waals surface area contributed by atoms with E-state index in [1.807, 2.05) is 18.2 Å². The van der Waals surface area contributed by atoms with Crippen LogP contribution in [0, 0.1) is 10.1 Å². The van der Waals surface area contributed by atoms with Gasteiger partial charge in [0.05, 0.1) is 35.4 Å². The van der Waals surface area contributed by atoms with Crippen LogP contribution in [-0.2, 0) is 21.6 Å². The third-order valence-electron chi connectivity index (χ3n) is 6.75. The van der Waals surface area contributed by atoms with Crippen molar-refractivity contribution < 1.29 is 37.2 Å². The van der Waals surface area contributed by atoms with E-state index in [1.54, 1.807) is 31.3 Å². The lowest BCUT2D eigenvalue weighted by atomic mass is 9.95. The number of benzene rings is 1. The molecular weight excluding hydrogens is 559 g/mol. The van der Waals surface area contributed by atoms with Crippen molar-refractivity contribution in [2.45, 2.75) is 58.4 Å². The first-order chi connectivity index (χ1) is 19.8. The van der Waals surface area contributed by atoms with Crippen LogP contribution in [0.3, 0.4) is 0 Å². The highest BCUT2D eigenvalue weighted by Gasteiger charge is 2.60. The fourth-order valence-electron chi connectivity index (χ4n) is 4.70. The van der Waals surface area contributed by atoms with Gasteiger partial charge in [-0.2, -0.15) is 13.2 Å². The Morgan fingerprint density at radius 1 is 1.07 bits per heavy atom. The zero-order chi connectivity index (χ0) is 30.8. The van der Waals surface area contributed by atoms with Gasteiger partial charge in [0.25, 0.3) is 11.3 Å². The second-order valence-electron chi connectivity index (χ2n) is 9.82. The minimum absolute atomic E-state index is 0.00822. The number of rotatable bonds is 10. The second-order valence-corrected chi connectivity index (χ2v) is 9.82.